The van der Waals surface area contributed by atoms with Crippen LogP contribution in [0.2, 0.25) is 0 Å². The lowest BCUT2D eigenvalue weighted by atomic mass is 9.58. The minimum atomic E-state index is -0.0869. The van der Waals surface area contributed by atoms with Crippen LogP contribution in [0.4, 0.5) is 0 Å². The Hall–Kier alpha value is -0.790. The maximum atomic E-state index is 12.4. The number of hydrogen-bond acceptors (Lipinski definition) is 2. The number of Topliss-reactive ketones (excluding diaryl/α,β-unsaturated/α-hetero) is 1. The summed E-state index contributed by atoms with van der Waals surface area (Å²) in [6.07, 6.45) is 7.26. The van der Waals surface area contributed by atoms with Gasteiger partial charge < -0.3 is 4.74 Å². The molecule has 0 aromatic carbocycles. The fourth-order valence-electron chi connectivity index (χ4n) is 5.54. The van der Waals surface area contributed by atoms with Gasteiger partial charge in [-0.25, -0.2) is 0 Å². The largest absolute Gasteiger partial charge is 0.486 e. The predicted molar refractivity (Wildman–Crippen MR) is 68.9 cm³/mol. The van der Waals surface area contributed by atoms with Crippen molar-refractivity contribution in [3.8, 4) is 0 Å². The van der Waals surface area contributed by atoms with Gasteiger partial charge in [-0.3, -0.25) is 4.79 Å². The average Bonchev–Trinajstić information content (AvgIpc) is 2.76. The Morgan fingerprint density at radius 1 is 1.33 bits per heavy atom. The molecule has 4 rings (SSSR count). The SMILES string of the molecule is CC(C)=C1OC2C(=O)CC34CCCCC3CC2C14. The quantitative estimate of drug-likeness (QED) is 0.654. The zero-order valence-electron chi connectivity index (χ0n) is 11.4. The van der Waals surface area contributed by atoms with E-state index in [-0.39, 0.29) is 6.10 Å². The molecule has 4 fully saturated rings. The predicted octanol–water partition coefficient (Wildman–Crippen LogP) is 3.46. The summed E-state index contributed by atoms with van der Waals surface area (Å²) in [7, 11) is 0. The summed E-state index contributed by atoms with van der Waals surface area (Å²) in [4.78, 5) is 12.4. The van der Waals surface area contributed by atoms with Gasteiger partial charge in [-0.15, -0.1) is 0 Å². The molecule has 0 N–H and O–H groups in total. The van der Waals surface area contributed by atoms with Crippen LogP contribution in [-0.2, 0) is 9.53 Å². The lowest BCUT2D eigenvalue weighted by Crippen LogP contribution is -2.43. The monoisotopic (exact) mass is 246 g/mol. The summed E-state index contributed by atoms with van der Waals surface area (Å²) in [6.45, 7) is 4.29. The van der Waals surface area contributed by atoms with Crippen molar-refractivity contribution < 1.29 is 9.53 Å². The van der Waals surface area contributed by atoms with E-state index >= 15 is 0 Å². The Bertz CT molecular complexity index is 446. The normalized spacial score (nSPS) is 49.0. The second-order valence-electron chi connectivity index (χ2n) is 7.10. The molecule has 2 heteroatoms. The van der Waals surface area contributed by atoms with Crippen molar-refractivity contribution in [1.29, 1.82) is 0 Å². The Labute approximate surface area is 109 Å². The molecule has 1 spiro atoms. The topological polar surface area (TPSA) is 26.3 Å². The molecule has 0 aromatic rings. The van der Waals surface area contributed by atoms with E-state index in [0.29, 0.717) is 23.0 Å². The summed E-state index contributed by atoms with van der Waals surface area (Å²) in [5.41, 5.74) is 1.59. The highest BCUT2D eigenvalue weighted by Crippen LogP contribution is 2.69. The maximum Gasteiger partial charge on any atom is 0.174 e. The number of rotatable bonds is 0. The highest BCUT2D eigenvalue weighted by Gasteiger charge is 2.67. The van der Waals surface area contributed by atoms with Crippen LogP contribution in [0.1, 0.15) is 52.4 Å². The van der Waals surface area contributed by atoms with Gasteiger partial charge >= 0.3 is 0 Å². The summed E-state index contributed by atoms with van der Waals surface area (Å²) in [6, 6.07) is 0. The average molecular weight is 246 g/mol. The Morgan fingerprint density at radius 2 is 2.17 bits per heavy atom. The second-order valence-corrected chi connectivity index (χ2v) is 7.10. The van der Waals surface area contributed by atoms with E-state index in [1.165, 1.54) is 43.4 Å². The van der Waals surface area contributed by atoms with E-state index in [4.69, 9.17) is 4.74 Å². The molecule has 1 saturated heterocycles. The third-order valence-electron chi connectivity index (χ3n) is 6.10. The third-order valence-corrected chi connectivity index (χ3v) is 6.10. The van der Waals surface area contributed by atoms with Crippen molar-refractivity contribution in [2.45, 2.75) is 58.5 Å². The smallest absolute Gasteiger partial charge is 0.174 e. The third kappa shape index (κ3) is 1.13. The molecule has 0 radical (unpaired) electrons. The van der Waals surface area contributed by atoms with Gasteiger partial charge in [0.2, 0.25) is 0 Å². The van der Waals surface area contributed by atoms with E-state index in [0.717, 1.165) is 12.3 Å². The Balaban J connectivity index is 1.87. The maximum absolute atomic E-state index is 12.4. The first-order valence-corrected chi connectivity index (χ1v) is 7.50. The summed E-state index contributed by atoms with van der Waals surface area (Å²) in [5.74, 6) is 3.49. The van der Waals surface area contributed by atoms with Crippen molar-refractivity contribution >= 4 is 5.78 Å². The van der Waals surface area contributed by atoms with Crippen molar-refractivity contribution in [3.05, 3.63) is 11.3 Å². The first kappa shape index (κ1) is 11.1. The fourth-order valence-corrected chi connectivity index (χ4v) is 5.54. The van der Waals surface area contributed by atoms with Crippen molar-refractivity contribution in [2.75, 3.05) is 0 Å². The molecule has 3 saturated carbocycles. The van der Waals surface area contributed by atoms with Gasteiger partial charge in [0.25, 0.3) is 0 Å². The van der Waals surface area contributed by atoms with Gasteiger partial charge in [0.1, 0.15) is 0 Å². The van der Waals surface area contributed by atoms with Crippen LogP contribution >= 0.6 is 0 Å². The number of allylic oxidation sites excluding steroid dienone is 2. The van der Waals surface area contributed by atoms with Gasteiger partial charge in [-0.1, -0.05) is 12.8 Å². The number of carbonyl (C=O) groups excluding carboxylic acids is 1. The molecule has 5 atom stereocenters. The number of ketones is 1. The van der Waals surface area contributed by atoms with Gasteiger partial charge in [0, 0.05) is 18.3 Å². The molecular formula is C16H22O2. The number of carbonyl (C=O) groups is 1. The van der Waals surface area contributed by atoms with Crippen LogP contribution in [0.25, 0.3) is 0 Å². The molecule has 1 aliphatic heterocycles. The van der Waals surface area contributed by atoms with E-state index in [2.05, 4.69) is 13.8 Å². The highest BCUT2D eigenvalue weighted by atomic mass is 16.5. The van der Waals surface area contributed by atoms with Gasteiger partial charge in [0.05, 0.1) is 5.76 Å². The van der Waals surface area contributed by atoms with Crippen LogP contribution < -0.4 is 0 Å². The molecule has 18 heavy (non-hydrogen) atoms. The lowest BCUT2D eigenvalue weighted by molar-refractivity contribution is -0.132. The summed E-state index contributed by atoms with van der Waals surface area (Å²) < 4.78 is 6.07. The van der Waals surface area contributed by atoms with Crippen LogP contribution in [-0.4, -0.2) is 11.9 Å². The Kier molecular flexibility index (Phi) is 2.09. The van der Waals surface area contributed by atoms with E-state index < -0.39 is 0 Å². The fraction of sp³-hybridized carbons (Fsp3) is 0.812. The summed E-state index contributed by atoms with van der Waals surface area (Å²) in [5, 5.41) is 0. The molecule has 5 unspecified atom stereocenters. The van der Waals surface area contributed by atoms with Crippen LogP contribution in [0.5, 0.6) is 0 Å². The summed E-state index contributed by atoms with van der Waals surface area (Å²) >= 11 is 0. The molecule has 3 aliphatic carbocycles. The van der Waals surface area contributed by atoms with E-state index in [1.54, 1.807) is 0 Å². The van der Waals surface area contributed by atoms with Crippen molar-refractivity contribution in [2.24, 2.45) is 23.2 Å². The first-order valence-electron chi connectivity index (χ1n) is 7.50. The molecule has 0 aromatic heterocycles. The molecule has 0 amide bonds. The highest BCUT2D eigenvalue weighted by molar-refractivity contribution is 5.87. The van der Waals surface area contributed by atoms with Crippen molar-refractivity contribution in [3.63, 3.8) is 0 Å². The molecule has 2 nitrogen and oxygen atoms in total. The first-order chi connectivity index (χ1) is 8.63. The lowest BCUT2D eigenvalue weighted by Gasteiger charge is -2.43. The molecule has 4 bridgehead atoms. The van der Waals surface area contributed by atoms with E-state index in [1.807, 2.05) is 0 Å². The minimum Gasteiger partial charge on any atom is -0.486 e. The molecular weight excluding hydrogens is 224 g/mol. The van der Waals surface area contributed by atoms with Crippen LogP contribution in [0.15, 0.2) is 11.3 Å². The molecule has 1 heterocycles. The number of ether oxygens (including phenoxy) is 1. The van der Waals surface area contributed by atoms with Crippen molar-refractivity contribution in [1.82, 2.24) is 0 Å². The van der Waals surface area contributed by atoms with Gasteiger partial charge in [-0.05, 0) is 50.0 Å². The Morgan fingerprint density at radius 3 is 2.94 bits per heavy atom. The van der Waals surface area contributed by atoms with E-state index in [9.17, 15) is 4.79 Å². The second kappa shape index (κ2) is 3.40. The van der Waals surface area contributed by atoms with Crippen LogP contribution in [0.3, 0.4) is 0 Å². The standard InChI is InChI=1S/C16H22O2/c1-9(2)14-13-11-7-10-5-3-4-6-16(10,13)8-12(17)15(11)18-14/h10-11,13,15H,3-8H2,1-2H3. The van der Waals surface area contributed by atoms with Gasteiger partial charge in [0.15, 0.2) is 11.9 Å². The zero-order valence-corrected chi connectivity index (χ0v) is 11.4. The molecule has 4 aliphatic rings. The zero-order chi connectivity index (χ0) is 12.5. The minimum absolute atomic E-state index is 0.0869. The van der Waals surface area contributed by atoms with Gasteiger partial charge in [-0.2, -0.15) is 0 Å². The number of hydrogen-bond donors (Lipinski definition) is 0. The van der Waals surface area contributed by atoms with Crippen LogP contribution in [0, 0.1) is 23.2 Å². The molecule has 98 valence electrons.